The molecule has 1 aromatic heterocycles. The lowest BCUT2D eigenvalue weighted by atomic mass is 10.3. The fourth-order valence-electron chi connectivity index (χ4n) is 1.78. The summed E-state index contributed by atoms with van der Waals surface area (Å²) < 4.78 is 51.1. The topological polar surface area (TPSA) is 67.2 Å². The Morgan fingerprint density at radius 3 is 2.55 bits per heavy atom. The Kier molecular flexibility index (Phi) is 4.64. The highest BCUT2D eigenvalue weighted by Gasteiger charge is 2.22. The number of hydrogen-bond donors (Lipinski definition) is 2. The second kappa shape index (κ2) is 6.46. The number of nitrogens with one attached hydrogen (secondary N) is 1. The van der Waals surface area contributed by atoms with E-state index in [2.05, 4.69) is 10.4 Å². The van der Waals surface area contributed by atoms with E-state index in [9.17, 15) is 27.5 Å². The summed E-state index contributed by atoms with van der Waals surface area (Å²) in [6, 6.07) is 6.14. The molecule has 0 aliphatic rings. The number of phenolic OH excluding ortho intramolecular Hbond substituents is 1. The van der Waals surface area contributed by atoms with Gasteiger partial charge in [0.25, 0.3) is 12.9 Å². The molecule has 0 spiro atoms. The monoisotopic (exact) mass is 317 g/mol. The summed E-state index contributed by atoms with van der Waals surface area (Å²) in [5.74, 6) is -0.832. The van der Waals surface area contributed by atoms with E-state index in [-0.39, 0.29) is 11.4 Å². The molecule has 0 radical (unpaired) electrons. The number of anilines is 1. The van der Waals surface area contributed by atoms with Crippen LogP contribution in [0.4, 0.5) is 23.2 Å². The number of amides is 1. The highest BCUT2D eigenvalue weighted by molar-refractivity contribution is 5.90. The summed E-state index contributed by atoms with van der Waals surface area (Å²) in [4.78, 5) is 11.8. The van der Waals surface area contributed by atoms with Gasteiger partial charge in [0.1, 0.15) is 23.7 Å². The van der Waals surface area contributed by atoms with Gasteiger partial charge in [-0.3, -0.25) is 9.48 Å². The fraction of sp³-hybridized carbons (Fsp3) is 0.231. The molecule has 0 saturated heterocycles. The normalized spacial score (nSPS) is 11.2. The van der Waals surface area contributed by atoms with Crippen LogP contribution >= 0.6 is 0 Å². The standard InChI is InChI=1S/C13H11F4N3O2/c14-12(15)9-5-10(13(16)17)20(19-9)6-11(22)18-7-2-1-3-8(21)4-7/h1-5,12-13,21H,6H2,(H,18,22). The average Bonchev–Trinajstić information content (AvgIpc) is 2.82. The van der Waals surface area contributed by atoms with Crippen LogP contribution in [0.2, 0.25) is 0 Å². The summed E-state index contributed by atoms with van der Waals surface area (Å²) in [5, 5.41) is 14.9. The highest BCUT2D eigenvalue weighted by atomic mass is 19.3. The maximum Gasteiger partial charge on any atom is 0.282 e. The van der Waals surface area contributed by atoms with Gasteiger partial charge in [-0.05, 0) is 18.2 Å². The Labute approximate surface area is 122 Å². The number of aromatic nitrogens is 2. The lowest BCUT2D eigenvalue weighted by Gasteiger charge is -2.08. The number of phenols is 1. The predicted octanol–water partition coefficient (Wildman–Crippen LogP) is 3.10. The Morgan fingerprint density at radius 1 is 1.23 bits per heavy atom. The van der Waals surface area contributed by atoms with Crippen LogP contribution in [0, 0.1) is 0 Å². The van der Waals surface area contributed by atoms with Crippen molar-refractivity contribution < 1.29 is 27.5 Å². The van der Waals surface area contributed by atoms with E-state index in [1.807, 2.05) is 0 Å². The van der Waals surface area contributed by atoms with Crippen molar-refractivity contribution in [3.05, 3.63) is 41.7 Å². The number of rotatable bonds is 5. The van der Waals surface area contributed by atoms with Gasteiger partial charge in [0.05, 0.1) is 0 Å². The van der Waals surface area contributed by atoms with Crippen LogP contribution < -0.4 is 5.32 Å². The van der Waals surface area contributed by atoms with Crippen molar-refractivity contribution in [2.75, 3.05) is 5.32 Å². The summed E-state index contributed by atoms with van der Waals surface area (Å²) in [6.07, 6.45) is -6.04. The highest BCUT2D eigenvalue weighted by Crippen LogP contribution is 2.25. The molecular formula is C13H11F4N3O2. The smallest absolute Gasteiger partial charge is 0.282 e. The van der Waals surface area contributed by atoms with E-state index in [1.165, 1.54) is 24.3 Å². The van der Waals surface area contributed by atoms with Crippen LogP contribution in [0.15, 0.2) is 30.3 Å². The summed E-state index contributed by atoms with van der Waals surface area (Å²) in [6.45, 7) is -0.651. The van der Waals surface area contributed by atoms with Gasteiger partial charge in [0.15, 0.2) is 0 Å². The van der Waals surface area contributed by atoms with Crippen molar-refractivity contribution in [1.82, 2.24) is 9.78 Å². The van der Waals surface area contributed by atoms with Crippen LogP contribution in [-0.4, -0.2) is 20.8 Å². The molecule has 0 aliphatic heterocycles. The summed E-state index contributed by atoms with van der Waals surface area (Å²) in [5.41, 5.74) is -1.34. The van der Waals surface area contributed by atoms with Gasteiger partial charge < -0.3 is 10.4 Å². The molecule has 9 heteroatoms. The number of carbonyl (C=O) groups is 1. The molecule has 2 N–H and O–H groups in total. The SMILES string of the molecule is O=C(Cn1nc(C(F)F)cc1C(F)F)Nc1cccc(O)c1. The zero-order chi connectivity index (χ0) is 16.3. The fourth-order valence-corrected chi connectivity index (χ4v) is 1.78. The third-order valence-corrected chi connectivity index (χ3v) is 2.70. The molecule has 0 saturated carbocycles. The summed E-state index contributed by atoms with van der Waals surface area (Å²) in [7, 11) is 0. The van der Waals surface area contributed by atoms with Gasteiger partial charge in [0, 0.05) is 11.8 Å². The molecule has 0 bridgehead atoms. The number of aromatic hydroxyl groups is 1. The first-order chi connectivity index (χ1) is 10.4. The first-order valence-electron chi connectivity index (χ1n) is 6.09. The number of halogens is 4. The molecule has 0 unspecified atom stereocenters. The second-order valence-corrected chi connectivity index (χ2v) is 4.35. The van der Waals surface area contributed by atoms with Crippen molar-refractivity contribution >= 4 is 11.6 Å². The number of alkyl halides is 4. The molecule has 0 aliphatic carbocycles. The van der Waals surface area contributed by atoms with E-state index >= 15 is 0 Å². The van der Waals surface area contributed by atoms with E-state index in [4.69, 9.17) is 0 Å². The minimum atomic E-state index is -3.03. The Balaban J connectivity index is 2.14. The first kappa shape index (κ1) is 15.8. The van der Waals surface area contributed by atoms with Crippen molar-refractivity contribution in [3.63, 3.8) is 0 Å². The van der Waals surface area contributed by atoms with Gasteiger partial charge in [-0.2, -0.15) is 5.10 Å². The Hall–Kier alpha value is -2.58. The zero-order valence-electron chi connectivity index (χ0n) is 11.0. The third kappa shape index (κ3) is 3.74. The van der Waals surface area contributed by atoms with Crippen LogP contribution in [-0.2, 0) is 11.3 Å². The van der Waals surface area contributed by atoms with Crippen molar-refractivity contribution in [2.45, 2.75) is 19.4 Å². The number of hydrogen-bond acceptors (Lipinski definition) is 3. The number of carbonyl (C=O) groups excluding carboxylic acids is 1. The van der Waals surface area contributed by atoms with Gasteiger partial charge >= 0.3 is 0 Å². The quantitative estimate of drug-likeness (QED) is 0.833. The van der Waals surface area contributed by atoms with Gasteiger partial charge in [-0.1, -0.05) is 6.07 Å². The van der Waals surface area contributed by atoms with Crippen molar-refractivity contribution in [3.8, 4) is 5.75 Å². The molecule has 1 heterocycles. The molecule has 2 aromatic rings. The van der Waals surface area contributed by atoms with Crippen LogP contribution in [0.3, 0.4) is 0 Å². The molecule has 1 aromatic carbocycles. The lowest BCUT2D eigenvalue weighted by molar-refractivity contribution is -0.117. The first-order valence-corrected chi connectivity index (χ1v) is 6.09. The maximum atomic E-state index is 12.8. The molecule has 1 amide bonds. The minimum Gasteiger partial charge on any atom is -0.508 e. The molecule has 2 rings (SSSR count). The van der Waals surface area contributed by atoms with Crippen LogP contribution in [0.25, 0.3) is 0 Å². The van der Waals surface area contributed by atoms with Crippen LogP contribution in [0.1, 0.15) is 24.2 Å². The number of nitrogens with zero attached hydrogens (tertiary/aromatic N) is 2. The molecule has 0 fully saturated rings. The van der Waals surface area contributed by atoms with Crippen molar-refractivity contribution in [1.29, 1.82) is 0 Å². The van der Waals surface area contributed by atoms with E-state index in [0.717, 1.165) is 0 Å². The summed E-state index contributed by atoms with van der Waals surface area (Å²) >= 11 is 0. The molecule has 118 valence electrons. The van der Waals surface area contributed by atoms with Crippen LogP contribution in [0.5, 0.6) is 5.75 Å². The van der Waals surface area contributed by atoms with Gasteiger partial charge in [-0.15, -0.1) is 0 Å². The molecule has 5 nitrogen and oxygen atoms in total. The maximum absolute atomic E-state index is 12.8. The molecule has 22 heavy (non-hydrogen) atoms. The minimum absolute atomic E-state index is 0.0925. The lowest BCUT2D eigenvalue weighted by Crippen LogP contribution is -2.21. The second-order valence-electron chi connectivity index (χ2n) is 4.35. The van der Waals surface area contributed by atoms with E-state index in [1.54, 1.807) is 0 Å². The van der Waals surface area contributed by atoms with E-state index < -0.39 is 36.7 Å². The zero-order valence-corrected chi connectivity index (χ0v) is 11.0. The van der Waals surface area contributed by atoms with Gasteiger partial charge in [-0.25, -0.2) is 17.6 Å². The van der Waals surface area contributed by atoms with Crippen molar-refractivity contribution in [2.24, 2.45) is 0 Å². The third-order valence-electron chi connectivity index (χ3n) is 2.70. The van der Waals surface area contributed by atoms with Gasteiger partial charge in [0.2, 0.25) is 5.91 Å². The Bertz CT molecular complexity index is 673. The molecular weight excluding hydrogens is 306 g/mol. The Morgan fingerprint density at radius 2 is 1.95 bits per heavy atom. The van der Waals surface area contributed by atoms with E-state index in [0.29, 0.717) is 10.7 Å². The molecule has 0 atom stereocenters. The number of benzene rings is 1. The predicted molar refractivity (Wildman–Crippen MR) is 68.9 cm³/mol. The largest absolute Gasteiger partial charge is 0.508 e. The average molecular weight is 317 g/mol.